The Balaban J connectivity index is 0.00000147. The lowest BCUT2D eigenvalue weighted by Gasteiger charge is -2.22. The molecule has 3 rings (SSSR count). The van der Waals surface area contributed by atoms with E-state index in [0.717, 1.165) is 30.4 Å². The number of hydrogen-bond donors (Lipinski definition) is 1. The first kappa shape index (κ1) is 16.2. The Kier molecular flexibility index (Phi) is 4.81. The molecule has 0 bridgehead atoms. The van der Waals surface area contributed by atoms with Crippen LogP contribution >= 0.6 is 28.3 Å². The van der Waals surface area contributed by atoms with Gasteiger partial charge in [0.2, 0.25) is 10.0 Å². The van der Waals surface area contributed by atoms with Crippen molar-refractivity contribution in [1.29, 1.82) is 0 Å². The van der Waals surface area contributed by atoms with E-state index in [1.807, 2.05) is 0 Å². The van der Waals surface area contributed by atoms with Crippen molar-refractivity contribution < 1.29 is 8.42 Å². The maximum Gasteiger partial charge on any atom is 0.243 e. The van der Waals surface area contributed by atoms with Crippen LogP contribution in [0.5, 0.6) is 0 Å². The van der Waals surface area contributed by atoms with Gasteiger partial charge in [0.05, 0.1) is 4.90 Å². The minimum Gasteiger partial charge on any atom is -0.316 e. The first-order chi connectivity index (χ1) is 9.02. The van der Waals surface area contributed by atoms with Gasteiger partial charge in [-0.2, -0.15) is 4.31 Å². The fourth-order valence-corrected chi connectivity index (χ4v) is 4.82. The van der Waals surface area contributed by atoms with Crippen LogP contribution in [0, 0.1) is 5.41 Å². The topological polar surface area (TPSA) is 49.4 Å². The van der Waals surface area contributed by atoms with Crippen molar-refractivity contribution >= 4 is 38.4 Å². The van der Waals surface area contributed by atoms with Crippen molar-refractivity contribution in [2.24, 2.45) is 5.41 Å². The highest BCUT2D eigenvalue weighted by Gasteiger charge is 2.44. The number of halogens is 2. The Labute approximate surface area is 134 Å². The highest BCUT2D eigenvalue weighted by molar-refractivity contribution is 9.10. The minimum absolute atomic E-state index is 0. The molecule has 0 radical (unpaired) electrons. The average Bonchev–Trinajstić information content (AvgIpc) is 3.01. The van der Waals surface area contributed by atoms with E-state index >= 15 is 0 Å². The van der Waals surface area contributed by atoms with E-state index in [1.54, 1.807) is 28.6 Å². The predicted octanol–water partition coefficient (Wildman–Crippen LogP) is 2.25. The van der Waals surface area contributed by atoms with E-state index < -0.39 is 10.0 Å². The van der Waals surface area contributed by atoms with Gasteiger partial charge in [0.25, 0.3) is 0 Å². The molecule has 2 aliphatic rings. The molecule has 1 aromatic rings. The summed E-state index contributed by atoms with van der Waals surface area (Å²) in [6.07, 6.45) is 2.05. The van der Waals surface area contributed by atoms with Crippen molar-refractivity contribution in [3.05, 3.63) is 28.7 Å². The van der Waals surface area contributed by atoms with Crippen LogP contribution in [-0.2, 0) is 10.0 Å². The first-order valence-electron chi connectivity index (χ1n) is 6.48. The predicted molar refractivity (Wildman–Crippen MR) is 84.7 cm³/mol. The maximum absolute atomic E-state index is 12.6. The summed E-state index contributed by atoms with van der Waals surface area (Å²) in [6.45, 7) is 3.24. The van der Waals surface area contributed by atoms with Gasteiger partial charge in [0.1, 0.15) is 0 Å². The van der Waals surface area contributed by atoms with Gasteiger partial charge in [-0.3, -0.25) is 0 Å². The van der Waals surface area contributed by atoms with Gasteiger partial charge in [-0.1, -0.05) is 15.9 Å². The summed E-state index contributed by atoms with van der Waals surface area (Å²) in [4.78, 5) is 0.388. The fourth-order valence-electron chi connectivity index (χ4n) is 3.00. The van der Waals surface area contributed by atoms with E-state index in [-0.39, 0.29) is 17.8 Å². The molecule has 20 heavy (non-hydrogen) atoms. The van der Waals surface area contributed by atoms with E-state index in [1.165, 1.54) is 0 Å². The van der Waals surface area contributed by atoms with Crippen LogP contribution in [0.4, 0.5) is 0 Å². The molecule has 1 unspecified atom stereocenters. The molecule has 1 atom stereocenters. The van der Waals surface area contributed by atoms with Crippen molar-refractivity contribution in [1.82, 2.24) is 9.62 Å². The van der Waals surface area contributed by atoms with Crippen molar-refractivity contribution in [2.45, 2.75) is 17.7 Å². The smallest absolute Gasteiger partial charge is 0.243 e. The number of nitrogens with one attached hydrogen (secondary N) is 1. The van der Waals surface area contributed by atoms with Gasteiger partial charge in [0, 0.05) is 24.1 Å². The van der Waals surface area contributed by atoms with Gasteiger partial charge in [-0.15, -0.1) is 12.4 Å². The van der Waals surface area contributed by atoms with Crippen molar-refractivity contribution in [3.63, 3.8) is 0 Å². The summed E-state index contributed by atoms with van der Waals surface area (Å²) in [5.41, 5.74) is 0.169. The lowest BCUT2D eigenvalue weighted by molar-refractivity contribution is 0.338. The Hall–Kier alpha value is -0.140. The molecule has 112 valence electrons. The van der Waals surface area contributed by atoms with Crippen molar-refractivity contribution in [3.8, 4) is 0 Å². The second kappa shape index (κ2) is 5.93. The molecule has 4 nitrogen and oxygen atoms in total. The minimum atomic E-state index is -3.33. The molecule has 0 aliphatic carbocycles. The zero-order valence-electron chi connectivity index (χ0n) is 11.0. The van der Waals surface area contributed by atoms with Crippen LogP contribution in [0.1, 0.15) is 12.8 Å². The number of rotatable bonds is 2. The summed E-state index contributed by atoms with van der Waals surface area (Å²) >= 11 is 3.33. The number of hydrogen-bond acceptors (Lipinski definition) is 3. The molecular formula is C13H18BrClN2O2S. The summed E-state index contributed by atoms with van der Waals surface area (Å²) in [5, 5.41) is 3.35. The van der Waals surface area contributed by atoms with E-state index in [2.05, 4.69) is 21.2 Å². The third-order valence-corrected chi connectivity index (χ3v) is 6.57. The Morgan fingerprint density at radius 1 is 1.20 bits per heavy atom. The van der Waals surface area contributed by atoms with Crippen LogP contribution in [0.3, 0.4) is 0 Å². The van der Waals surface area contributed by atoms with Crippen LogP contribution < -0.4 is 5.32 Å². The number of sulfonamides is 1. The SMILES string of the molecule is Cl.O=S(=O)(c1ccc(Br)cc1)N1CCC2(CCNC2)C1. The molecule has 0 saturated carbocycles. The molecule has 2 fully saturated rings. The second-order valence-electron chi connectivity index (χ2n) is 5.47. The number of nitrogens with zero attached hydrogens (tertiary/aromatic N) is 1. The quantitative estimate of drug-likeness (QED) is 0.855. The lowest BCUT2D eigenvalue weighted by Crippen LogP contribution is -2.33. The van der Waals surface area contributed by atoms with Crippen LogP contribution in [0.2, 0.25) is 0 Å². The molecule has 1 N–H and O–H groups in total. The van der Waals surface area contributed by atoms with Crippen LogP contribution in [0.25, 0.3) is 0 Å². The maximum atomic E-state index is 12.6. The van der Waals surface area contributed by atoms with Crippen molar-refractivity contribution in [2.75, 3.05) is 26.2 Å². The van der Waals surface area contributed by atoms with Gasteiger partial charge in [0.15, 0.2) is 0 Å². The summed E-state index contributed by atoms with van der Waals surface area (Å²) in [6, 6.07) is 6.88. The number of benzene rings is 1. The third kappa shape index (κ3) is 2.90. The molecule has 1 spiro atoms. The molecule has 0 aromatic heterocycles. The van der Waals surface area contributed by atoms with Gasteiger partial charge in [-0.25, -0.2) is 8.42 Å². The van der Waals surface area contributed by atoms with E-state index in [4.69, 9.17) is 0 Å². The summed E-state index contributed by atoms with van der Waals surface area (Å²) in [7, 11) is -3.33. The fraction of sp³-hybridized carbons (Fsp3) is 0.538. The molecule has 7 heteroatoms. The molecule has 2 aliphatic heterocycles. The summed E-state index contributed by atoms with van der Waals surface area (Å²) < 4.78 is 27.7. The largest absolute Gasteiger partial charge is 0.316 e. The molecule has 2 heterocycles. The molecule has 2 saturated heterocycles. The van der Waals surface area contributed by atoms with Crippen LogP contribution in [-0.4, -0.2) is 38.9 Å². The zero-order valence-corrected chi connectivity index (χ0v) is 14.2. The van der Waals surface area contributed by atoms with Gasteiger partial charge < -0.3 is 5.32 Å². The highest BCUT2D eigenvalue weighted by atomic mass is 79.9. The van der Waals surface area contributed by atoms with Gasteiger partial charge >= 0.3 is 0 Å². The average molecular weight is 382 g/mol. The van der Waals surface area contributed by atoms with Crippen LogP contribution in [0.15, 0.2) is 33.6 Å². The standard InChI is InChI=1S/C13H17BrN2O2S.ClH/c14-11-1-3-12(4-2-11)19(17,18)16-8-6-13(10-16)5-7-15-9-13;/h1-4,15H,5-10H2;1H. The molecule has 1 aromatic carbocycles. The molecule has 0 amide bonds. The third-order valence-electron chi connectivity index (χ3n) is 4.19. The zero-order chi connectivity index (χ0) is 13.5. The second-order valence-corrected chi connectivity index (χ2v) is 8.32. The first-order valence-corrected chi connectivity index (χ1v) is 8.72. The summed E-state index contributed by atoms with van der Waals surface area (Å²) in [5.74, 6) is 0. The Bertz CT molecular complexity index is 571. The normalized spacial score (nSPS) is 26.9. The molecular weight excluding hydrogens is 364 g/mol. The van der Waals surface area contributed by atoms with E-state index in [9.17, 15) is 8.42 Å². The van der Waals surface area contributed by atoms with Gasteiger partial charge in [-0.05, 0) is 49.1 Å². The lowest BCUT2D eigenvalue weighted by atomic mass is 9.87. The Morgan fingerprint density at radius 3 is 2.50 bits per heavy atom. The Morgan fingerprint density at radius 2 is 1.90 bits per heavy atom. The highest BCUT2D eigenvalue weighted by Crippen LogP contribution is 2.38. The van der Waals surface area contributed by atoms with E-state index in [0.29, 0.717) is 18.0 Å². The monoisotopic (exact) mass is 380 g/mol.